The summed E-state index contributed by atoms with van der Waals surface area (Å²) in [4.78, 5) is 19.0. The van der Waals surface area contributed by atoms with Crippen molar-refractivity contribution in [2.24, 2.45) is 0 Å². The zero-order chi connectivity index (χ0) is 16.8. The molecule has 0 unspecified atom stereocenters. The van der Waals surface area contributed by atoms with Crippen molar-refractivity contribution in [3.05, 3.63) is 52.3 Å². The molecular formula is C17H17N3O2S. The molecule has 0 aliphatic rings. The highest BCUT2D eigenvalue weighted by Gasteiger charge is 2.15. The lowest BCUT2D eigenvalue weighted by atomic mass is 10.0. The molecule has 0 aliphatic carbocycles. The van der Waals surface area contributed by atoms with Crippen molar-refractivity contribution < 1.29 is 4.74 Å². The molecule has 23 heavy (non-hydrogen) atoms. The van der Waals surface area contributed by atoms with Crippen molar-refractivity contribution in [1.82, 2.24) is 9.97 Å². The predicted octanol–water partition coefficient (Wildman–Crippen LogP) is 3.16. The Balaban J connectivity index is 2.64. The van der Waals surface area contributed by atoms with E-state index in [0.717, 1.165) is 11.3 Å². The number of allylic oxidation sites excluding steroid dienone is 1. The van der Waals surface area contributed by atoms with E-state index < -0.39 is 5.56 Å². The van der Waals surface area contributed by atoms with E-state index in [-0.39, 0.29) is 5.56 Å². The topological polar surface area (TPSA) is 78.8 Å². The second-order valence-corrected chi connectivity index (χ2v) is 5.45. The van der Waals surface area contributed by atoms with Crippen molar-refractivity contribution >= 4 is 11.8 Å². The van der Waals surface area contributed by atoms with Crippen molar-refractivity contribution in [1.29, 1.82) is 5.26 Å². The maximum Gasteiger partial charge on any atom is 0.270 e. The second-order valence-electron chi connectivity index (χ2n) is 4.66. The molecule has 5 nitrogen and oxygen atoms in total. The lowest BCUT2D eigenvalue weighted by molar-refractivity contribution is 0.337. The minimum absolute atomic E-state index is 0.0107. The van der Waals surface area contributed by atoms with Gasteiger partial charge in [0, 0.05) is 5.56 Å². The fourth-order valence-electron chi connectivity index (χ4n) is 2.20. The average Bonchev–Trinajstić information content (AvgIpc) is 2.56. The Labute approximate surface area is 139 Å². The molecule has 0 spiro atoms. The largest absolute Gasteiger partial charge is 0.494 e. The van der Waals surface area contributed by atoms with Gasteiger partial charge in [0.05, 0.1) is 12.3 Å². The van der Waals surface area contributed by atoms with Crippen molar-refractivity contribution in [3.8, 4) is 23.1 Å². The van der Waals surface area contributed by atoms with Gasteiger partial charge in [0.2, 0.25) is 0 Å². The van der Waals surface area contributed by atoms with Crippen LogP contribution in [0.3, 0.4) is 0 Å². The summed E-state index contributed by atoms with van der Waals surface area (Å²) in [6, 6.07) is 7.47. The van der Waals surface area contributed by atoms with E-state index in [2.05, 4.69) is 16.5 Å². The van der Waals surface area contributed by atoms with Gasteiger partial charge >= 0.3 is 0 Å². The van der Waals surface area contributed by atoms with Crippen LogP contribution in [0.5, 0.6) is 5.75 Å². The fraction of sp³-hybridized carbons (Fsp3) is 0.235. The van der Waals surface area contributed by atoms with Gasteiger partial charge in [-0.25, -0.2) is 4.98 Å². The number of thioether (sulfide) groups is 1. The molecule has 0 aliphatic heterocycles. The molecule has 2 rings (SSSR count). The molecule has 0 radical (unpaired) electrons. The standard InChI is InChI=1S/C17H17N3O2S/c1-4-6-11-9-12(7-8-14(11)22-5-2)15-13(10-18)16(21)20-17(19-15)23-3/h4,7-9H,1,5-6H2,2-3H3,(H,19,20,21). The van der Waals surface area contributed by atoms with Crippen LogP contribution in [0.4, 0.5) is 0 Å². The summed E-state index contributed by atoms with van der Waals surface area (Å²) in [5.74, 6) is 0.768. The first-order chi connectivity index (χ1) is 11.1. The van der Waals surface area contributed by atoms with Crippen LogP contribution >= 0.6 is 11.8 Å². The van der Waals surface area contributed by atoms with Gasteiger partial charge in [0.15, 0.2) is 5.16 Å². The van der Waals surface area contributed by atoms with Crippen LogP contribution < -0.4 is 10.3 Å². The zero-order valence-corrected chi connectivity index (χ0v) is 13.9. The Bertz CT molecular complexity index is 822. The SMILES string of the molecule is C=CCc1cc(-c2nc(SC)[nH]c(=O)c2C#N)ccc1OCC. The van der Waals surface area contributed by atoms with Gasteiger partial charge in [-0.05, 0) is 43.4 Å². The molecule has 1 aromatic carbocycles. The van der Waals surface area contributed by atoms with Crippen LogP contribution in [0.25, 0.3) is 11.3 Å². The summed E-state index contributed by atoms with van der Waals surface area (Å²) in [5.41, 5.74) is 1.62. The Kier molecular flexibility index (Phi) is 5.61. The van der Waals surface area contributed by atoms with E-state index in [1.807, 2.05) is 37.4 Å². The third-order valence-corrected chi connectivity index (χ3v) is 3.78. The number of benzene rings is 1. The molecule has 0 saturated carbocycles. The van der Waals surface area contributed by atoms with E-state index in [9.17, 15) is 10.1 Å². The first-order valence-corrected chi connectivity index (χ1v) is 8.32. The Morgan fingerprint density at radius 2 is 2.30 bits per heavy atom. The van der Waals surface area contributed by atoms with Gasteiger partial charge in [0.25, 0.3) is 5.56 Å². The first-order valence-electron chi connectivity index (χ1n) is 7.10. The minimum atomic E-state index is -0.430. The average molecular weight is 327 g/mol. The number of nitrogens with one attached hydrogen (secondary N) is 1. The zero-order valence-electron chi connectivity index (χ0n) is 13.0. The Morgan fingerprint density at radius 3 is 2.91 bits per heavy atom. The number of nitriles is 1. The number of hydrogen-bond donors (Lipinski definition) is 1. The third-order valence-electron chi connectivity index (χ3n) is 3.20. The predicted molar refractivity (Wildman–Crippen MR) is 91.9 cm³/mol. The molecule has 2 aromatic rings. The van der Waals surface area contributed by atoms with E-state index >= 15 is 0 Å². The number of aromatic nitrogens is 2. The second kappa shape index (κ2) is 7.65. The maximum absolute atomic E-state index is 12.0. The lowest BCUT2D eigenvalue weighted by Crippen LogP contribution is -2.14. The van der Waals surface area contributed by atoms with Gasteiger partial charge in [-0.1, -0.05) is 17.8 Å². The van der Waals surface area contributed by atoms with Gasteiger partial charge in [0.1, 0.15) is 17.4 Å². The van der Waals surface area contributed by atoms with E-state index in [0.29, 0.717) is 29.4 Å². The quantitative estimate of drug-likeness (QED) is 0.501. The van der Waals surface area contributed by atoms with Crippen LogP contribution in [0, 0.1) is 11.3 Å². The highest BCUT2D eigenvalue weighted by molar-refractivity contribution is 7.98. The lowest BCUT2D eigenvalue weighted by Gasteiger charge is -2.11. The monoisotopic (exact) mass is 327 g/mol. The molecular weight excluding hydrogens is 310 g/mol. The highest BCUT2D eigenvalue weighted by atomic mass is 32.2. The summed E-state index contributed by atoms with van der Waals surface area (Å²) in [6.07, 6.45) is 4.23. The van der Waals surface area contributed by atoms with Crippen molar-refractivity contribution in [3.63, 3.8) is 0 Å². The Hall–Kier alpha value is -2.52. The molecule has 6 heteroatoms. The van der Waals surface area contributed by atoms with E-state index in [1.54, 1.807) is 6.08 Å². The summed E-state index contributed by atoms with van der Waals surface area (Å²) in [5, 5.41) is 9.75. The number of rotatable bonds is 6. The summed E-state index contributed by atoms with van der Waals surface area (Å²) < 4.78 is 5.60. The van der Waals surface area contributed by atoms with Crippen LogP contribution in [-0.4, -0.2) is 22.8 Å². The number of H-pyrrole nitrogens is 1. The van der Waals surface area contributed by atoms with Crippen LogP contribution in [0.2, 0.25) is 0 Å². The third kappa shape index (κ3) is 3.63. The molecule has 0 bridgehead atoms. The minimum Gasteiger partial charge on any atom is -0.494 e. The van der Waals surface area contributed by atoms with E-state index in [4.69, 9.17) is 4.74 Å². The van der Waals surface area contributed by atoms with Gasteiger partial charge in [-0.3, -0.25) is 4.79 Å². The summed E-state index contributed by atoms with van der Waals surface area (Å²) in [7, 11) is 0. The van der Waals surface area contributed by atoms with Crippen LogP contribution in [-0.2, 0) is 6.42 Å². The van der Waals surface area contributed by atoms with E-state index in [1.165, 1.54) is 11.8 Å². The number of ether oxygens (including phenoxy) is 1. The molecule has 1 aromatic heterocycles. The number of hydrogen-bond acceptors (Lipinski definition) is 5. The molecule has 0 saturated heterocycles. The molecule has 0 atom stereocenters. The van der Waals surface area contributed by atoms with Crippen molar-refractivity contribution in [2.75, 3.05) is 12.9 Å². The number of nitrogens with zero attached hydrogens (tertiary/aromatic N) is 2. The first kappa shape index (κ1) is 16.8. The summed E-state index contributed by atoms with van der Waals surface area (Å²) >= 11 is 1.32. The summed E-state index contributed by atoms with van der Waals surface area (Å²) in [6.45, 7) is 6.23. The Morgan fingerprint density at radius 1 is 1.52 bits per heavy atom. The molecule has 1 N–H and O–H groups in total. The van der Waals surface area contributed by atoms with Gasteiger partial charge in [-0.15, -0.1) is 6.58 Å². The van der Waals surface area contributed by atoms with Gasteiger partial charge in [-0.2, -0.15) is 5.26 Å². The molecule has 0 amide bonds. The maximum atomic E-state index is 12.0. The molecule has 118 valence electrons. The van der Waals surface area contributed by atoms with Crippen LogP contribution in [0.1, 0.15) is 18.1 Å². The van der Waals surface area contributed by atoms with Crippen LogP contribution in [0.15, 0.2) is 40.8 Å². The smallest absolute Gasteiger partial charge is 0.270 e. The van der Waals surface area contributed by atoms with Crippen molar-refractivity contribution in [2.45, 2.75) is 18.5 Å². The normalized spacial score (nSPS) is 10.1. The molecule has 1 heterocycles. The molecule has 0 fully saturated rings. The fourth-order valence-corrected chi connectivity index (χ4v) is 2.58. The van der Waals surface area contributed by atoms with Gasteiger partial charge < -0.3 is 9.72 Å². The highest BCUT2D eigenvalue weighted by Crippen LogP contribution is 2.28. The number of aromatic amines is 1.